The normalized spacial score (nSPS) is 14.0. The van der Waals surface area contributed by atoms with Crippen LogP contribution in [0.2, 0.25) is 0 Å². The molecule has 1 aromatic heterocycles. The lowest BCUT2D eigenvalue weighted by Gasteiger charge is -2.26. The minimum absolute atomic E-state index is 0. The molecule has 0 fully saturated rings. The molecule has 0 saturated carbocycles. The van der Waals surface area contributed by atoms with Gasteiger partial charge in [-0.1, -0.05) is 0 Å². The topological polar surface area (TPSA) is 58.1 Å². The largest absolute Gasteiger partial charge is 0.493 e. The van der Waals surface area contributed by atoms with Crippen LogP contribution < -0.4 is 20.1 Å². The number of anilines is 1. The lowest BCUT2D eigenvalue weighted by Crippen LogP contribution is -2.34. The molecule has 29 heavy (non-hydrogen) atoms. The first-order chi connectivity index (χ1) is 13.7. The van der Waals surface area contributed by atoms with Crippen molar-refractivity contribution < 1.29 is 9.47 Å². The molecule has 3 rings (SSSR count). The van der Waals surface area contributed by atoms with Crippen molar-refractivity contribution in [2.45, 2.75) is 26.8 Å². The van der Waals surface area contributed by atoms with Crippen LogP contribution in [0.3, 0.4) is 0 Å². The molecule has 0 radical (unpaired) electrons. The Balaban J connectivity index is 0.00000300. The highest BCUT2D eigenvalue weighted by Crippen LogP contribution is 2.30. The summed E-state index contributed by atoms with van der Waals surface area (Å²) in [6.45, 7) is 9.29. The average molecular weight is 530 g/mol. The quantitative estimate of drug-likeness (QED) is 0.304. The first-order valence-corrected chi connectivity index (χ1v) is 10.7. The molecular formula is C21H31IN4O2S. The van der Waals surface area contributed by atoms with E-state index in [-0.39, 0.29) is 24.0 Å². The molecule has 1 aliphatic heterocycles. The number of nitrogens with zero attached hydrogens (tertiary/aromatic N) is 2. The Kier molecular flexibility index (Phi) is 10.0. The van der Waals surface area contributed by atoms with Gasteiger partial charge in [0.1, 0.15) is 0 Å². The molecule has 0 unspecified atom stereocenters. The maximum atomic E-state index is 5.66. The number of methoxy groups -OCH3 is 1. The van der Waals surface area contributed by atoms with E-state index in [2.05, 4.69) is 33.9 Å². The van der Waals surface area contributed by atoms with Crippen LogP contribution in [0.4, 0.5) is 5.69 Å². The van der Waals surface area contributed by atoms with Crippen molar-refractivity contribution in [2.24, 2.45) is 4.99 Å². The number of hydrogen-bond donors (Lipinski definition) is 2. The van der Waals surface area contributed by atoms with Gasteiger partial charge in [0.15, 0.2) is 17.5 Å². The lowest BCUT2D eigenvalue weighted by atomic mass is 10.1. The van der Waals surface area contributed by atoms with Gasteiger partial charge in [0.2, 0.25) is 0 Å². The first-order valence-electron chi connectivity index (χ1n) is 9.87. The Bertz CT molecular complexity index is 797. The van der Waals surface area contributed by atoms with Crippen molar-refractivity contribution in [1.29, 1.82) is 0 Å². The highest BCUT2D eigenvalue weighted by atomic mass is 127. The fourth-order valence-electron chi connectivity index (χ4n) is 3.27. The van der Waals surface area contributed by atoms with E-state index in [1.165, 1.54) is 5.56 Å². The van der Waals surface area contributed by atoms with E-state index >= 15 is 0 Å². The first kappa shape index (κ1) is 23.8. The number of thiophene rings is 1. The monoisotopic (exact) mass is 530 g/mol. The Hall–Kier alpha value is -1.52. The van der Waals surface area contributed by atoms with Gasteiger partial charge in [-0.05, 0) is 49.4 Å². The molecular weight excluding hydrogens is 499 g/mol. The van der Waals surface area contributed by atoms with Crippen LogP contribution in [0.5, 0.6) is 11.5 Å². The van der Waals surface area contributed by atoms with Crippen molar-refractivity contribution in [1.82, 2.24) is 10.2 Å². The van der Waals surface area contributed by atoms with Gasteiger partial charge < -0.3 is 20.1 Å². The molecule has 0 aliphatic carbocycles. The molecule has 6 nitrogen and oxygen atoms in total. The summed E-state index contributed by atoms with van der Waals surface area (Å²) in [5.74, 6) is 2.24. The van der Waals surface area contributed by atoms with E-state index in [0.29, 0.717) is 6.61 Å². The predicted octanol–water partition coefficient (Wildman–Crippen LogP) is 4.21. The summed E-state index contributed by atoms with van der Waals surface area (Å²) in [4.78, 5) is 8.76. The second kappa shape index (κ2) is 12.2. The Morgan fingerprint density at radius 3 is 2.86 bits per heavy atom. The fraction of sp³-hybridized carbons (Fsp3) is 0.476. The second-order valence-corrected chi connectivity index (χ2v) is 7.58. The van der Waals surface area contributed by atoms with Crippen LogP contribution in [0.15, 0.2) is 34.6 Å². The van der Waals surface area contributed by atoms with Gasteiger partial charge in [0.05, 0.1) is 20.3 Å². The maximum Gasteiger partial charge on any atom is 0.195 e. The lowest BCUT2D eigenvalue weighted by molar-refractivity contribution is 0.264. The third kappa shape index (κ3) is 6.75. The highest BCUT2D eigenvalue weighted by molar-refractivity contribution is 14.0. The van der Waals surface area contributed by atoms with Crippen LogP contribution in [-0.4, -0.2) is 50.8 Å². The highest BCUT2D eigenvalue weighted by Gasteiger charge is 2.16. The number of fused-ring (bicyclic) bond motifs is 1. The molecule has 0 bridgehead atoms. The van der Waals surface area contributed by atoms with Gasteiger partial charge in [-0.25, -0.2) is 0 Å². The van der Waals surface area contributed by atoms with E-state index < -0.39 is 0 Å². The number of benzene rings is 1. The number of hydrogen-bond acceptors (Lipinski definition) is 5. The summed E-state index contributed by atoms with van der Waals surface area (Å²) in [6.07, 6.45) is 1.15. The average Bonchev–Trinajstić information content (AvgIpc) is 3.16. The van der Waals surface area contributed by atoms with E-state index in [9.17, 15) is 0 Å². The van der Waals surface area contributed by atoms with Crippen LogP contribution in [0, 0.1) is 0 Å². The zero-order chi connectivity index (χ0) is 19.8. The number of ether oxygens (including phenoxy) is 2. The Morgan fingerprint density at radius 1 is 1.24 bits per heavy atom. The molecule has 0 atom stereocenters. The smallest absolute Gasteiger partial charge is 0.195 e. The number of nitrogens with one attached hydrogen (secondary N) is 2. The summed E-state index contributed by atoms with van der Waals surface area (Å²) in [7, 11) is 1.65. The van der Waals surface area contributed by atoms with Crippen LogP contribution in [0.1, 0.15) is 24.3 Å². The van der Waals surface area contributed by atoms with E-state index in [1.54, 1.807) is 12.0 Å². The van der Waals surface area contributed by atoms with E-state index in [1.807, 2.05) is 36.5 Å². The van der Waals surface area contributed by atoms with Crippen LogP contribution >= 0.6 is 35.3 Å². The number of guanidine groups is 1. The Labute approximate surface area is 194 Å². The molecule has 0 saturated heterocycles. The number of aliphatic imine (C=N–C) groups is 1. The fourth-order valence-corrected chi connectivity index (χ4v) is 4.16. The summed E-state index contributed by atoms with van der Waals surface area (Å²) in [6, 6.07) is 8.07. The minimum Gasteiger partial charge on any atom is -0.493 e. The zero-order valence-electron chi connectivity index (χ0n) is 17.4. The number of halogens is 1. The summed E-state index contributed by atoms with van der Waals surface area (Å²) < 4.78 is 11.0. The van der Waals surface area contributed by atoms with Crippen molar-refractivity contribution in [2.75, 3.05) is 45.2 Å². The summed E-state index contributed by atoms with van der Waals surface area (Å²) in [5.41, 5.74) is 2.40. The zero-order valence-corrected chi connectivity index (χ0v) is 20.5. The van der Waals surface area contributed by atoms with Gasteiger partial charge in [-0.15, -0.1) is 35.3 Å². The second-order valence-electron chi connectivity index (χ2n) is 6.58. The maximum absolute atomic E-state index is 5.66. The third-order valence-electron chi connectivity index (χ3n) is 4.64. The van der Waals surface area contributed by atoms with Gasteiger partial charge >= 0.3 is 0 Å². The van der Waals surface area contributed by atoms with E-state index in [4.69, 9.17) is 14.5 Å². The van der Waals surface area contributed by atoms with E-state index in [0.717, 1.165) is 62.3 Å². The van der Waals surface area contributed by atoms with Gasteiger partial charge in [0.25, 0.3) is 0 Å². The summed E-state index contributed by atoms with van der Waals surface area (Å²) in [5, 5.41) is 8.88. The van der Waals surface area contributed by atoms with Crippen molar-refractivity contribution in [3.05, 3.63) is 40.1 Å². The molecule has 2 aromatic rings. The molecule has 2 N–H and O–H groups in total. The van der Waals surface area contributed by atoms with Crippen LogP contribution in [0.25, 0.3) is 0 Å². The minimum atomic E-state index is 0. The Morgan fingerprint density at radius 2 is 2.10 bits per heavy atom. The molecule has 0 spiro atoms. The summed E-state index contributed by atoms with van der Waals surface area (Å²) >= 11 is 1.88. The number of rotatable bonds is 8. The molecule has 160 valence electrons. The molecule has 1 aliphatic rings. The third-order valence-corrected chi connectivity index (χ3v) is 5.67. The van der Waals surface area contributed by atoms with Crippen molar-refractivity contribution in [3.63, 3.8) is 0 Å². The van der Waals surface area contributed by atoms with Gasteiger partial charge in [-0.3, -0.25) is 9.89 Å². The molecule has 2 heterocycles. The molecule has 1 aromatic carbocycles. The standard InChI is InChI=1S/C21H30N4O2S.HI/c1-4-22-21(24-17-6-7-18(26-3)19(14-17)27-5-2)23-10-12-25-11-8-20-16(15-25)9-13-28-20;/h6-7,9,13-14H,4-5,8,10-12,15H2,1-3H3,(H2,22,23,24);1H. The van der Waals surface area contributed by atoms with Crippen LogP contribution in [-0.2, 0) is 13.0 Å². The van der Waals surface area contributed by atoms with Gasteiger partial charge in [0, 0.05) is 42.8 Å². The van der Waals surface area contributed by atoms with Crippen molar-refractivity contribution >= 4 is 47.0 Å². The molecule has 0 amide bonds. The van der Waals surface area contributed by atoms with Crippen molar-refractivity contribution in [3.8, 4) is 11.5 Å². The predicted molar refractivity (Wildman–Crippen MR) is 132 cm³/mol. The van der Waals surface area contributed by atoms with Gasteiger partial charge in [-0.2, -0.15) is 0 Å². The SMILES string of the molecule is CCNC(=NCCN1CCc2sccc2C1)Nc1ccc(OC)c(OCC)c1.I. The molecule has 8 heteroatoms.